The summed E-state index contributed by atoms with van der Waals surface area (Å²) in [4.78, 5) is 6.56. The molecule has 19 heavy (non-hydrogen) atoms. The van der Waals surface area contributed by atoms with E-state index in [1.165, 1.54) is 0 Å². The third kappa shape index (κ3) is 2.36. The van der Waals surface area contributed by atoms with E-state index in [4.69, 9.17) is 10.5 Å². The first kappa shape index (κ1) is 12.2. The number of nitrogens with two attached hydrogens (primary N) is 1. The number of benzene rings is 1. The Hall–Kier alpha value is -1.81. The van der Waals surface area contributed by atoms with Crippen LogP contribution in [0.2, 0.25) is 0 Å². The van der Waals surface area contributed by atoms with Crippen molar-refractivity contribution in [3.8, 4) is 0 Å². The van der Waals surface area contributed by atoms with Crippen molar-refractivity contribution in [1.82, 2.24) is 4.98 Å². The van der Waals surface area contributed by atoms with E-state index in [2.05, 4.69) is 23.0 Å². The number of ether oxygens (including phenoxy) is 1. The van der Waals surface area contributed by atoms with Crippen LogP contribution in [0.5, 0.6) is 0 Å². The smallest absolute Gasteiger partial charge is 0.0750 e. The fourth-order valence-electron chi connectivity index (χ4n) is 2.75. The largest absolute Gasteiger partial charge is 0.396 e. The number of hydrogen-bond donors (Lipinski definition) is 1. The Kier molecular flexibility index (Phi) is 3.25. The summed E-state index contributed by atoms with van der Waals surface area (Å²) in [6.45, 7) is 1.75. The second kappa shape index (κ2) is 5.05. The van der Waals surface area contributed by atoms with Gasteiger partial charge in [-0.3, -0.25) is 4.98 Å². The van der Waals surface area contributed by atoms with Gasteiger partial charge in [0.15, 0.2) is 0 Å². The fourth-order valence-corrected chi connectivity index (χ4v) is 2.75. The second-order valence-electron chi connectivity index (χ2n) is 5.09. The molecule has 1 aliphatic rings. The lowest BCUT2D eigenvalue weighted by molar-refractivity contribution is 0.116. The van der Waals surface area contributed by atoms with E-state index in [-0.39, 0.29) is 0 Å². The maximum Gasteiger partial charge on any atom is 0.0750 e. The number of para-hydroxylation sites is 1. The summed E-state index contributed by atoms with van der Waals surface area (Å²) in [5.41, 5.74) is 8.87. The first-order chi connectivity index (χ1) is 9.25. The van der Waals surface area contributed by atoms with E-state index in [0.29, 0.717) is 6.10 Å². The minimum absolute atomic E-state index is 0.316. The van der Waals surface area contributed by atoms with Crippen molar-refractivity contribution in [2.24, 2.45) is 0 Å². The molecule has 1 aliphatic heterocycles. The van der Waals surface area contributed by atoms with Gasteiger partial charge in [-0.25, -0.2) is 0 Å². The molecule has 2 aromatic rings. The molecule has 1 fully saturated rings. The minimum Gasteiger partial charge on any atom is -0.396 e. The third-order valence-electron chi connectivity index (χ3n) is 3.66. The highest BCUT2D eigenvalue weighted by atomic mass is 16.5. The van der Waals surface area contributed by atoms with Crippen LogP contribution in [-0.2, 0) is 4.74 Å². The quantitative estimate of drug-likeness (QED) is 0.917. The molecule has 0 radical (unpaired) electrons. The fraction of sp³-hybridized carbons (Fsp3) is 0.400. The summed E-state index contributed by atoms with van der Waals surface area (Å²) >= 11 is 0. The topological polar surface area (TPSA) is 51.4 Å². The molecule has 0 bridgehead atoms. The normalized spacial score (nSPS) is 18.9. The van der Waals surface area contributed by atoms with Crippen LogP contribution in [0, 0.1) is 0 Å². The van der Waals surface area contributed by atoms with Gasteiger partial charge < -0.3 is 15.4 Å². The van der Waals surface area contributed by atoms with Gasteiger partial charge in [-0.1, -0.05) is 18.2 Å². The van der Waals surface area contributed by atoms with E-state index in [9.17, 15) is 0 Å². The second-order valence-corrected chi connectivity index (χ2v) is 5.09. The SMILES string of the molecule is CN(CC1CCCO1)c1c(N)cnc2ccccc12. The number of nitrogen functional groups attached to an aromatic ring is 1. The van der Waals surface area contributed by atoms with Crippen molar-refractivity contribution in [3.05, 3.63) is 30.5 Å². The molecule has 1 aromatic heterocycles. The lowest BCUT2D eigenvalue weighted by Crippen LogP contribution is -2.29. The molecule has 3 rings (SSSR count). The highest BCUT2D eigenvalue weighted by Crippen LogP contribution is 2.31. The van der Waals surface area contributed by atoms with Gasteiger partial charge in [-0.15, -0.1) is 0 Å². The third-order valence-corrected chi connectivity index (χ3v) is 3.66. The van der Waals surface area contributed by atoms with Crippen molar-refractivity contribution in [2.45, 2.75) is 18.9 Å². The predicted molar refractivity (Wildman–Crippen MR) is 78.4 cm³/mol. The molecular formula is C15H19N3O. The molecule has 2 heterocycles. The van der Waals surface area contributed by atoms with Crippen LogP contribution >= 0.6 is 0 Å². The van der Waals surface area contributed by atoms with Crippen LogP contribution < -0.4 is 10.6 Å². The Bertz CT molecular complexity index is 579. The summed E-state index contributed by atoms with van der Waals surface area (Å²) in [5, 5.41) is 1.10. The Morgan fingerprint density at radius 3 is 3.05 bits per heavy atom. The Morgan fingerprint density at radius 1 is 1.42 bits per heavy atom. The molecule has 1 aromatic carbocycles. The zero-order chi connectivity index (χ0) is 13.2. The maximum atomic E-state index is 6.12. The molecule has 0 saturated carbocycles. The number of anilines is 2. The summed E-state index contributed by atoms with van der Waals surface area (Å²) in [6.07, 6.45) is 4.35. The maximum absolute atomic E-state index is 6.12. The van der Waals surface area contributed by atoms with Gasteiger partial charge in [-0.05, 0) is 18.9 Å². The van der Waals surface area contributed by atoms with Gasteiger partial charge in [0.05, 0.1) is 29.2 Å². The van der Waals surface area contributed by atoms with Crippen molar-refractivity contribution in [1.29, 1.82) is 0 Å². The molecule has 1 atom stereocenters. The number of fused-ring (bicyclic) bond motifs is 1. The van der Waals surface area contributed by atoms with E-state index >= 15 is 0 Å². The Balaban J connectivity index is 1.95. The van der Waals surface area contributed by atoms with E-state index in [0.717, 1.165) is 48.3 Å². The highest BCUT2D eigenvalue weighted by molar-refractivity contribution is 5.97. The number of likely N-dealkylation sites (N-methyl/N-ethyl adjacent to an activating group) is 1. The van der Waals surface area contributed by atoms with E-state index in [1.54, 1.807) is 6.20 Å². The highest BCUT2D eigenvalue weighted by Gasteiger charge is 2.19. The van der Waals surface area contributed by atoms with Crippen molar-refractivity contribution >= 4 is 22.3 Å². The van der Waals surface area contributed by atoms with Crippen LogP contribution in [0.3, 0.4) is 0 Å². The van der Waals surface area contributed by atoms with Gasteiger partial charge in [-0.2, -0.15) is 0 Å². The van der Waals surface area contributed by atoms with Crippen LogP contribution in [0.15, 0.2) is 30.5 Å². The van der Waals surface area contributed by atoms with Crippen molar-refractivity contribution in [3.63, 3.8) is 0 Å². The summed E-state index contributed by atoms with van der Waals surface area (Å²) in [5.74, 6) is 0. The molecular weight excluding hydrogens is 238 g/mol. The Morgan fingerprint density at radius 2 is 2.26 bits per heavy atom. The number of rotatable bonds is 3. The molecule has 0 amide bonds. The van der Waals surface area contributed by atoms with Gasteiger partial charge in [0.2, 0.25) is 0 Å². The lowest BCUT2D eigenvalue weighted by Gasteiger charge is -2.25. The first-order valence-corrected chi connectivity index (χ1v) is 6.71. The molecule has 1 saturated heterocycles. The van der Waals surface area contributed by atoms with E-state index in [1.807, 2.05) is 18.2 Å². The average Bonchev–Trinajstić information content (AvgIpc) is 2.91. The standard InChI is InChI=1S/C15H19N3O/c1-18(10-11-5-4-8-19-11)15-12-6-2-3-7-14(12)17-9-13(15)16/h2-3,6-7,9,11H,4-5,8,10,16H2,1H3. The molecule has 1 unspecified atom stereocenters. The van der Waals surface area contributed by atoms with Gasteiger partial charge in [0, 0.05) is 25.6 Å². The lowest BCUT2D eigenvalue weighted by atomic mass is 10.1. The van der Waals surface area contributed by atoms with Crippen LogP contribution in [-0.4, -0.2) is 31.3 Å². The number of aromatic nitrogens is 1. The Labute approximate surface area is 113 Å². The van der Waals surface area contributed by atoms with Gasteiger partial charge in [0.1, 0.15) is 0 Å². The molecule has 4 heteroatoms. The summed E-state index contributed by atoms with van der Waals surface area (Å²) in [6, 6.07) is 8.10. The summed E-state index contributed by atoms with van der Waals surface area (Å²) in [7, 11) is 2.07. The molecule has 0 spiro atoms. The number of nitrogens with zero attached hydrogens (tertiary/aromatic N) is 2. The molecule has 0 aliphatic carbocycles. The number of pyridine rings is 1. The first-order valence-electron chi connectivity index (χ1n) is 6.71. The molecule has 2 N–H and O–H groups in total. The monoisotopic (exact) mass is 257 g/mol. The zero-order valence-electron chi connectivity index (χ0n) is 11.2. The van der Waals surface area contributed by atoms with Crippen LogP contribution in [0.1, 0.15) is 12.8 Å². The number of hydrogen-bond acceptors (Lipinski definition) is 4. The average molecular weight is 257 g/mol. The van der Waals surface area contributed by atoms with Crippen molar-refractivity contribution < 1.29 is 4.74 Å². The van der Waals surface area contributed by atoms with E-state index < -0.39 is 0 Å². The molecule has 100 valence electrons. The van der Waals surface area contributed by atoms with Crippen molar-refractivity contribution in [2.75, 3.05) is 30.8 Å². The van der Waals surface area contributed by atoms with Gasteiger partial charge >= 0.3 is 0 Å². The zero-order valence-corrected chi connectivity index (χ0v) is 11.2. The van der Waals surface area contributed by atoms with Crippen LogP contribution in [0.4, 0.5) is 11.4 Å². The van der Waals surface area contributed by atoms with Crippen LogP contribution in [0.25, 0.3) is 10.9 Å². The van der Waals surface area contributed by atoms with Gasteiger partial charge in [0.25, 0.3) is 0 Å². The molecule has 4 nitrogen and oxygen atoms in total. The summed E-state index contributed by atoms with van der Waals surface area (Å²) < 4.78 is 5.70. The predicted octanol–water partition coefficient (Wildman–Crippen LogP) is 2.43. The minimum atomic E-state index is 0.316.